The van der Waals surface area contributed by atoms with Crippen LogP contribution in [0.5, 0.6) is 5.75 Å². The molecule has 1 aromatic heterocycles. The molecular weight excluding hydrogens is 429 g/mol. The Kier molecular flexibility index (Phi) is 7.61. The number of guanidine groups is 1. The van der Waals surface area contributed by atoms with E-state index in [-0.39, 0.29) is 24.0 Å². The highest BCUT2D eigenvalue weighted by Gasteiger charge is 2.26. The molecule has 0 radical (unpaired) electrons. The van der Waals surface area contributed by atoms with E-state index in [4.69, 9.17) is 14.1 Å². The van der Waals surface area contributed by atoms with Gasteiger partial charge < -0.3 is 19.4 Å². The second-order valence-electron chi connectivity index (χ2n) is 5.95. The fourth-order valence-corrected chi connectivity index (χ4v) is 3.08. The van der Waals surface area contributed by atoms with Gasteiger partial charge in [0, 0.05) is 25.6 Å². The largest absolute Gasteiger partial charge is 0.497 e. The molecule has 1 saturated heterocycles. The summed E-state index contributed by atoms with van der Waals surface area (Å²) in [5, 5.41) is 3.39. The molecule has 1 fully saturated rings. The van der Waals surface area contributed by atoms with Gasteiger partial charge in [-0.15, -0.1) is 24.0 Å². The quantitative estimate of drug-likeness (QED) is 0.423. The predicted octanol–water partition coefficient (Wildman–Crippen LogP) is 3.86. The molecule has 2 aromatic rings. The molecule has 0 spiro atoms. The molecule has 1 aromatic carbocycles. The van der Waals surface area contributed by atoms with Gasteiger partial charge in [0.15, 0.2) is 5.96 Å². The molecule has 2 heterocycles. The molecule has 0 saturated carbocycles. The number of hydrogen-bond acceptors (Lipinski definition) is 3. The summed E-state index contributed by atoms with van der Waals surface area (Å²) in [7, 11) is 1.70. The van der Waals surface area contributed by atoms with Crippen LogP contribution in [0.25, 0.3) is 0 Å². The summed E-state index contributed by atoms with van der Waals surface area (Å²) in [5.74, 6) is 3.28. The zero-order valence-electron chi connectivity index (χ0n) is 14.8. The van der Waals surface area contributed by atoms with E-state index in [1.54, 1.807) is 13.4 Å². The zero-order chi connectivity index (χ0) is 16.8. The lowest BCUT2D eigenvalue weighted by Gasteiger charge is -2.21. The maximum absolute atomic E-state index is 5.37. The monoisotopic (exact) mass is 455 g/mol. The number of furan rings is 1. The van der Waals surface area contributed by atoms with E-state index in [0.717, 1.165) is 43.5 Å². The predicted molar refractivity (Wildman–Crippen MR) is 111 cm³/mol. The van der Waals surface area contributed by atoms with Crippen LogP contribution >= 0.6 is 24.0 Å². The summed E-state index contributed by atoms with van der Waals surface area (Å²) in [6.45, 7) is 5.52. The average molecular weight is 455 g/mol. The minimum absolute atomic E-state index is 0. The molecular formula is C19H26IN3O2. The van der Waals surface area contributed by atoms with Crippen molar-refractivity contribution < 1.29 is 9.15 Å². The van der Waals surface area contributed by atoms with Crippen LogP contribution in [-0.2, 0) is 6.54 Å². The van der Waals surface area contributed by atoms with Crippen molar-refractivity contribution in [2.75, 3.05) is 26.7 Å². The van der Waals surface area contributed by atoms with Crippen molar-refractivity contribution in [1.29, 1.82) is 0 Å². The third-order valence-electron chi connectivity index (χ3n) is 4.37. The lowest BCUT2D eigenvalue weighted by atomic mass is 9.98. The lowest BCUT2D eigenvalue weighted by molar-refractivity contribution is 0.414. The highest BCUT2D eigenvalue weighted by atomic mass is 127. The van der Waals surface area contributed by atoms with Gasteiger partial charge in [-0.3, -0.25) is 0 Å². The first kappa shape index (κ1) is 19.6. The van der Waals surface area contributed by atoms with E-state index in [0.29, 0.717) is 12.5 Å². The van der Waals surface area contributed by atoms with Crippen LogP contribution in [0, 0.1) is 0 Å². The van der Waals surface area contributed by atoms with Crippen molar-refractivity contribution in [1.82, 2.24) is 10.2 Å². The highest BCUT2D eigenvalue weighted by Crippen LogP contribution is 2.28. The smallest absolute Gasteiger partial charge is 0.194 e. The first-order chi connectivity index (χ1) is 11.8. The molecule has 6 heteroatoms. The van der Waals surface area contributed by atoms with E-state index in [1.165, 1.54) is 5.56 Å². The molecule has 1 aliphatic heterocycles. The first-order valence-electron chi connectivity index (χ1n) is 8.49. The highest BCUT2D eigenvalue weighted by molar-refractivity contribution is 14.0. The van der Waals surface area contributed by atoms with Gasteiger partial charge in [-0.25, -0.2) is 4.99 Å². The molecule has 3 rings (SSSR count). The number of aliphatic imine (C=N–C) groups is 1. The Bertz CT molecular complexity index is 656. The van der Waals surface area contributed by atoms with Crippen LogP contribution in [-0.4, -0.2) is 37.6 Å². The van der Waals surface area contributed by atoms with Crippen molar-refractivity contribution in [3.8, 4) is 5.75 Å². The molecule has 5 nitrogen and oxygen atoms in total. The summed E-state index contributed by atoms with van der Waals surface area (Å²) < 4.78 is 10.6. The number of rotatable bonds is 5. The maximum atomic E-state index is 5.37. The van der Waals surface area contributed by atoms with Crippen LogP contribution in [0.3, 0.4) is 0 Å². The Balaban J connectivity index is 0.00000225. The van der Waals surface area contributed by atoms with Crippen molar-refractivity contribution >= 4 is 29.9 Å². The Labute approximate surface area is 166 Å². The number of hydrogen-bond donors (Lipinski definition) is 1. The first-order valence-corrected chi connectivity index (χ1v) is 8.49. The topological polar surface area (TPSA) is 50.0 Å². The van der Waals surface area contributed by atoms with Gasteiger partial charge in [0.1, 0.15) is 18.1 Å². The summed E-state index contributed by atoms with van der Waals surface area (Å²) in [6, 6.07) is 12.3. The van der Waals surface area contributed by atoms with Gasteiger partial charge in [-0.05, 0) is 43.2 Å². The van der Waals surface area contributed by atoms with Crippen molar-refractivity contribution in [2.24, 2.45) is 4.99 Å². The minimum Gasteiger partial charge on any atom is -0.497 e. The molecule has 1 unspecified atom stereocenters. The molecule has 1 aliphatic rings. The van der Waals surface area contributed by atoms with E-state index >= 15 is 0 Å². The molecule has 25 heavy (non-hydrogen) atoms. The number of ether oxygens (including phenoxy) is 1. The fraction of sp³-hybridized carbons (Fsp3) is 0.421. The molecule has 0 aliphatic carbocycles. The average Bonchev–Trinajstić information content (AvgIpc) is 3.30. The number of benzene rings is 1. The molecule has 0 amide bonds. The lowest BCUT2D eigenvalue weighted by Crippen LogP contribution is -2.40. The van der Waals surface area contributed by atoms with E-state index in [1.807, 2.05) is 24.3 Å². The second kappa shape index (κ2) is 9.70. The number of nitrogens with one attached hydrogen (secondary N) is 1. The van der Waals surface area contributed by atoms with Crippen molar-refractivity contribution in [3.63, 3.8) is 0 Å². The number of halogens is 1. The summed E-state index contributed by atoms with van der Waals surface area (Å²) in [6.07, 6.45) is 2.82. The minimum atomic E-state index is 0. The summed E-state index contributed by atoms with van der Waals surface area (Å²) in [4.78, 5) is 7.05. The molecule has 136 valence electrons. The second-order valence-corrected chi connectivity index (χ2v) is 5.95. The fourth-order valence-electron chi connectivity index (χ4n) is 3.08. The van der Waals surface area contributed by atoms with Gasteiger partial charge in [-0.1, -0.05) is 12.1 Å². The van der Waals surface area contributed by atoms with E-state index in [2.05, 4.69) is 29.3 Å². The standard InChI is InChI=1S/C19H25N3O2.HI/c1-3-20-19(21-13-18-5-4-12-24-18)22-11-10-16(14-22)15-6-8-17(23-2)9-7-15;/h4-9,12,16H,3,10-11,13-14H2,1-2H3,(H,20,21);1H. The Morgan fingerprint density at radius 2 is 2.12 bits per heavy atom. The van der Waals surface area contributed by atoms with Crippen LogP contribution in [0.4, 0.5) is 0 Å². The van der Waals surface area contributed by atoms with Crippen LogP contribution in [0.2, 0.25) is 0 Å². The normalized spacial score (nSPS) is 17.3. The van der Waals surface area contributed by atoms with Gasteiger partial charge >= 0.3 is 0 Å². The SMILES string of the molecule is CCNC(=NCc1ccco1)N1CCC(c2ccc(OC)cc2)C1.I. The van der Waals surface area contributed by atoms with E-state index < -0.39 is 0 Å². The number of methoxy groups -OCH3 is 1. The Morgan fingerprint density at radius 3 is 2.76 bits per heavy atom. The Morgan fingerprint density at radius 1 is 1.32 bits per heavy atom. The van der Waals surface area contributed by atoms with Crippen molar-refractivity contribution in [3.05, 3.63) is 54.0 Å². The third-order valence-corrected chi connectivity index (χ3v) is 4.37. The van der Waals surface area contributed by atoms with Gasteiger partial charge in [0.05, 0.1) is 13.4 Å². The molecule has 1 atom stereocenters. The zero-order valence-corrected chi connectivity index (χ0v) is 17.1. The molecule has 0 bridgehead atoms. The van der Waals surface area contributed by atoms with Gasteiger partial charge in [0.2, 0.25) is 0 Å². The Hall–Kier alpha value is -1.70. The van der Waals surface area contributed by atoms with Gasteiger partial charge in [0.25, 0.3) is 0 Å². The van der Waals surface area contributed by atoms with Gasteiger partial charge in [-0.2, -0.15) is 0 Å². The van der Waals surface area contributed by atoms with Crippen LogP contribution in [0.1, 0.15) is 30.6 Å². The van der Waals surface area contributed by atoms with E-state index in [9.17, 15) is 0 Å². The summed E-state index contributed by atoms with van der Waals surface area (Å²) >= 11 is 0. The third kappa shape index (κ3) is 5.14. The maximum Gasteiger partial charge on any atom is 0.194 e. The summed E-state index contributed by atoms with van der Waals surface area (Å²) in [5.41, 5.74) is 1.36. The van der Waals surface area contributed by atoms with Crippen LogP contribution in [0.15, 0.2) is 52.1 Å². The van der Waals surface area contributed by atoms with Crippen LogP contribution < -0.4 is 10.1 Å². The number of nitrogens with zero attached hydrogens (tertiary/aromatic N) is 2. The number of likely N-dealkylation sites (tertiary alicyclic amines) is 1. The van der Waals surface area contributed by atoms with Crippen molar-refractivity contribution in [2.45, 2.75) is 25.8 Å². The molecule has 1 N–H and O–H groups in total.